The van der Waals surface area contributed by atoms with Gasteiger partial charge in [0.15, 0.2) is 11.5 Å². The summed E-state index contributed by atoms with van der Waals surface area (Å²) in [6, 6.07) is 21.1. The summed E-state index contributed by atoms with van der Waals surface area (Å²) in [4.78, 5) is 0. The van der Waals surface area contributed by atoms with Gasteiger partial charge in [-0.3, -0.25) is 0 Å². The van der Waals surface area contributed by atoms with Crippen molar-refractivity contribution in [2.45, 2.75) is 6.92 Å². The molecule has 0 atom stereocenters. The van der Waals surface area contributed by atoms with Gasteiger partial charge >= 0.3 is 0 Å². The third-order valence-electron chi connectivity index (χ3n) is 3.78. The zero-order valence-corrected chi connectivity index (χ0v) is 12.9. The molecule has 0 aromatic heterocycles. The van der Waals surface area contributed by atoms with Crippen molar-refractivity contribution < 1.29 is 10.2 Å². The minimum Gasteiger partial charge on any atom is -0.504 e. The van der Waals surface area contributed by atoms with E-state index in [4.69, 9.17) is 0 Å². The standard InChI is InChI=1S/C21H18O2/c1-2-9-17-14-18(22)21(23)20(16-12-7-4-8-13-16)19(17)15-10-5-3-6-11-15/h2-14,22-23H,1H3. The molecule has 0 radical (unpaired) electrons. The molecule has 0 saturated heterocycles. The average Bonchev–Trinajstić information content (AvgIpc) is 2.59. The van der Waals surface area contributed by atoms with E-state index in [1.54, 1.807) is 6.07 Å². The molecule has 2 N–H and O–H groups in total. The van der Waals surface area contributed by atoms with Crippen molar-refractivity contribution in [2.24, 2.45) is 0 Å². The van der Waals surface area contributed by atoms with Crippen LogP contribution in [0.3, 0.4) is 0 Å². The van der Waals surface area contributed by atoms with Gasteiger partial charge < -0.3 is 10.2 Å². The second-order valence-electron chi connectivity index (χ2n) is 5.32. The molecule has 0 fully saturated rings. The molecule has 3 aromatic carbocycles. The molecule has 0 saturated carbocycles. The minimum atomic E-state index is -0.114. The quantitative estimate of drug-likeness (QED) is 0.630. The van der Waals surface area contributed by atoms with Gasteiger partial charge in [0.1, 0.15) is 0 Å². The largest absolute Gasteiger partial charge is 0.504 e. The van der Waals surface area contributed by atoms with Crippen LogP contribution in [-0.4, -0.2) is 10.2 Å². The van der Waals surface area contributed by atoms with Crippen molar-refractivity contribution in [3.63, 3.8) is 0 Å². The molecule has 0 heterocycles. The zero-order chi connectivity index (χ0) is 16.2. The summed E-state index contributed by atoms with van der Waals surface area (Å²) in [7, 11) is 0. The Kier molecular flexibility index (Phi) is 4.15. The van der Waals surface area contributed by atoms with E-state index in [2.05, 4.69) is 0 Å². The highest BCUT2D eigenvalue weighted by atomic mass is 16.3. The summed E-state index contributed by atoms with van der Waals surface area (Å²) >= 11 is 0. The molecule has 0 spiro atoms. The predicted octanol–water partition coefficient (Wildman–Crippen LogP) is 5.46. The number of hydrogen-bond acceptors (Lipinski definition) is 2. The third-order valence-corrected chi connectivity index (χ3v) is 3.78. The highest BCUT2D eigenvalue weighted by Crippen LogP contribution is 2.46. The van der Waals surface area contributed by atoms with E-state index < -0.39 is 0 Å². The van der Waals surface area contributed by atoms with Crippen LogP contribution in [0.2, 0.25) is 0 Å². The van der Waals surface area contributed by atoms with Crippen LogP contribution in [0.5, 0.6) is 11.5 Å². The first-order valence-electron chi connectivity index (χ1n) is 7.55. The summed E-state index contributed by atoms with van der Waals surface area (Å²) < 4.78 is 0. The van der Waals surface area contributed by atoms with Crippen LogP contribution < -0.4 is 0 Å². The molecule has 114 valence electrons. The average molecular weight is 302 g/mol. The first kappa shape index (κ1) is 14.9. The Bertz CT molecular complexity index is 835. The smallest absolute Gasteiger partial charge is 0.166 e. The van der Waals surface area contributed by atoms with E-state index >= 15 is 0 Å². The highest BCUT2D eigenvalue weighted by molar-refractivity contribution is 5.94. The SMILES string of the molecule is CC=Cc1cc(O)c(O)c(-c2ccccc2)c1-c1ccccc1. The summed E-state index contributed by atoms with van der Waals surface area (Å²) in [5.41, 5.74) is 4.28. The van der Waals surface area contributed by atoms with Crippen LogP contribution in [0.4, 0.5) is 0 Å². The predicted molar refractivity (Wildman–Crippen MR) is 95.4 cm³/mol. The number of rotatable bonds is 3. The van der Waals surface area contributed by atoms with Crippen LogP contribution in [0, 0.1) is 0 Å². The Morgan fingerprint density at radius 1 is 0.739 bits per heavy atom. The Morgan fingerprint density at radius 3 is 1.78 bits per heavy atom. The highest BCUT2D eigenvalue weighted by Gasteiger charge is 2.19. The molecule has 3 rings (SSSR count). The molecule has 0 unspecified atom stereocenters. The molecule has 0 aliphatic carbocycles. The zero-order valence-electron chi connectivity index (χ0n) is 12.9. The maximum absolute atomic E-state index is 10.5. The molecule has 3 aromatic rings. The van der Waals surface area contributed by atoms with E-state index in [-0.39, 0.29) is 11.5 Å². The van der Waals surface area contributed by atoms with E-state index in [9.17, 15) is 10.2 Å². The van der Waals surface area contributed by atoms with Crippen molar-refractivity contribution in [3.8, 4) is 33.8 Å². The van der Waals surface area contributed by atoms with Gasteiger partial charge in [-0.25, -0.2) is 0 Å². The minimum absolute atomic E-state index is 0.0942. The third kappa shape index (κ3) is 2.84. The lowest BCUT2D eigenvalue weighted by molar-refractivity contribution is 0.405. The van der Waals surface area contributed by atoms with Gasteiger partial charge in [0.25, 0.3) is 0 Å². The van der Waals surface area contributed by atoms with Gasteiger partial charge in [-0.1, -0.05) is 72.8 Å². The lowest BCUT2D eigenvalue weighted by atomic mass is 9.89. The molecule has 0 amide bonds. The normalized spacial score (nSPS) is 11.0. The summed E-state index contributed by atoms with van der Waals surface area (Å²) in [5, 5.41) is 20.7. The topological polar surface area (TPSA) is 40.5 Å². The van der Waals surface area contributed by atoms with E-state index in [1.807, 2.05) is 79.7 Å². The van der Waals surface area contributed by atoms with Gasteiger partial charge in [0, 0.05) is 11.1 Å². The van der Waals surface area contributed by atoms with E-state index in [0.29, 0.717) is 5.56 Å². The second-order valence-corrected chi connectivity index (χ2v) is 5.32. The first-order chi connectivity index (χ1) is 11.2. The Balaban J connectivity index is 2.41. The molecular weight excluding hydrogens is 284 g/mol. The van der Waals surface area contributed by atoms with Gasteiger partial charge in [0.05, 0.1) is 0 Å². The van der Waals surface area contributed by atoms with Gasteiger partial charge in [-0.05, 0) is 29.7 Å². The fraction of sp³-hybridized carbons (Fsp3) is 0.0476. The molecule has 2 nitrogen and oxygen atoms in total. The number of phenolic OH excluding ortho intramolecular Hbond substituents is 2. The Morgan fingerprint density at radius 2 is 1.26 bits per heavy atom. The number of hydrogen-bond donors (Lipinski definition) is 2. The van der Waals surface area contributed by atoms with Gasteiger partial charge in [-0.15, -0.1) is 0 Å². The summed E-state index contributed by atoms with van der Waals surface area (Å²) in [6.45, 7) is 1.93. The van der Waals surface area contributed by atoms with Gasteiger partial charge in [-0.2, -0.15) is 0 Å². The van der Waals surface area contributed by atoms with E-state index in [1.165, 1.54) is 0 Å². The fourth-order valence-electron chi connectivity index (χ4n) is 2.79. The molecule has 2 heteroatoms. The number of benzene rings is 3. The molecule has 0 aliphatic rings. The molecule has 23 heavy (non-hydrogen) atoms. The number of aromatic hydroxyl groups is 2. The maximum atomic E-state index is 10.5. The monoisotopic (exact) mass is 302 g/mol. The van der Waals surface area contributed by atoms with Crippen molar-refractivity contribution in [2.75, 3.05) is 0 Å². The van der Waals surface area contributed by atoms with Crippen molar-refractivity contribution in [3.05, 3.63) is 78.4 Å². The number of allylic oxidation sites excluding steroid dienone is 1. The lowest BCUT2D eigenvalue weighted by Crippen LogP contribution is -1.91. The van der Waals surface area contributed by atoms with Gasteiger partial charge in [0.2, 0.25) is 0 Å². The Hall–Kier alpha value is -3.00. The summed E-state index contributed by atoms with van der Waals surface area (Å²) in [5.74, 6) is -0.208. The first-order valence-corrected chi connectivity index (χ1v) is 7.55. The van der Waals surface area contributed by atoms with Crippen molar-refractivity contribution in [1.82, 2.24) is 0 Å². The van der Waals surface area contributed by atoms with Crippen LogP contribution in [0.1, 0.15) is 12.5 Å². The summed E-state index contributed by atoms with van der Waals surface area (Å²) in [6.07, 6.45) is 3.86. The van der Waals surface area contributed by atoms with Crippen LogP contribution in [0.15, 0.2) is 72.8 Å². The Labute approximate surface area is 136 Å². The van der Waals surface area contributed by atoms with E-state index in [0.717, 1.165) is 22.3 Å². The lowest BCUT2D eigenvalue weighted by Gasteiger charge is -2.17. The van der Waals surface area contributed by atoms with Crippen molar-refractivity contribution >= 4 is 6.08 Å². The fourth-order valence-corrected chi connectivity index (χ4v) is 2.79. The number of phenols is 2. The van der Waals surface area contributed by atoms with Crippen LogP contribution >= 0.6 is 0 Å². The molecular formula is C21H18O2. The van der Waals surface area contributed by atoms with Crippen molar-refractivity contribution in [1.29, 1.82) is 0 Å². The second kappa shape index (κ2) is 6.41. The molecule has 0 bridgehead atoms. The van der Waals surface area contributed by atoms with Crippen LogP contribution in [0.25, 0.3) is 28.3 Å². The maximum Gasteiger partial charge on any atom is 0.166 e. The molecule has 0 aliphatic heterocycles. The van der Waals surface area contributed by atoms with Crippen LogP contribution in [-0.2, 0) is 0 Å².